The first kappa shape index (κ1) is 15.3. The highest BCUT2D eigenvalue weighted by Crippen LogP contribution is 2.25. The van der Waals surface area contributed by atoms with Crippen LogP contribution in [0.4, 0.5) is 11.5 Å². The molecule has 2 aromatic heterocycles. The number of hydrogen-bond acceptors (Lipinski definition) is 4. The van der Waals surface area contributed by atoms with Crippen LogP contribution in [0.5, 0.6) is 0 Å². The van der Waals surface area contributed by atoms with E-state index in [1.165, 1.54) is 12.4 Å². The molecule has 6 nitrogen and oxygen atoms in total. The van der Waals surface area contributed by atoms with E-state index in [4.69, 9.17) is 28.9 Å². The predicted octanol–water partition coefficient (Wildman–Crippen LogP) is 3.41. The Morgan fingerprint density at radius 1 is 1.17 bits per heavy atom. The Morgan fingerprint density at radius 3 is 2.61 bits per heavy atom. The highest BCUT2D eigenvalue weighted by Gasteiger charge is 2.10. The number of halogens is 2. The third-order valence-corrected chi connectivity index (χ3v) is 3.55. The van der Waals surface area contributed by atoms with Gasteiger partial charge in [0.2, 0.25) is 0 Å². The molecule has 0 saturated heterocycles. The van der Waals surface area contributed by atoms with Gasteiger partial charge in [0.25, 0.3) is 5.91 Å². The summed E-state index contributed by atoms with van der Waals surface area (Å²) in [7, 11) is 0. The van der Waals surface area contributed by atoms with E-state index in [-0.39, 0.29) is 5.91 Å². The molecule has 1 amide bonds. The molecule has 3 rings (SSSR count). The lowest BCUT2D eigenvalue weighted by molar-refractivity contribution is 0.102. The molecule has 0 atom stereocenters. The number of nitrogens with one attached hydrogen (secondary N) is 1. The van der Waals surface area contributed by atoms with Crippen molar-refractivity contribution in [3.63, 3.8) is 0 Å². The minimum Gasteiger partial charge on any atom is -0.384 e. The summed E-state index contributed by atoms with van der Waals surface area (Å²) < 4.78 is 1.56. The number of carbonyl (C=O) groups excluding carboxylic acids is 1. The topological polar surface area (TPSA) is 85.8 Å². The largest absolute Gasteiger partial charge is 0.384 e. The number of pyridine rings is 1. The summed E-state index contributed by atoms with van der Waals surface area (Å²) in [6, 6.07) is 8.25. The van der Waals surface area contributed by atoms with Crippen molar-refractivity contribution < 1.29 is 4.79 Å². The summed E-state index contributed by atoms with van der Waals surface area (Å²) >= 11 is 12.1. The third-order valence-electron chi connectivity index (χ3n) is 3.05. The van der Waals surface area contributed by atoms with Crippen LogP contribution in [0.3, 0.4) is 0 Å². The molecule has 8 heteroatoms. The van der Waals surface area contributed by atoms with Crippen molar-refractivity contribution in [2.75, 3.05) is 11.1 Å². The van der Waals surface area contributed by atoms with Gasteiger partial charge >= 0.3 is 0 Å². The summed E-state index contributed by atoms with van der Waals surface area (Å²) in [5, 5.41) is 7.77. The van der Waals surface area contributed by atoms with Crippen LogP contribution in [-0.2, 0) is 0 Å². The summed E-state index contributed by atoms with van der Waals surface area (Å²) in [4.78, 5) is 16.0. The molecule has 0 aliphatic rings. The molecule has 23 heavy (non-hydrogen) atoms. The fraction of sp³-hybridized carbons (Fsp3) is 0. The van der Waals surface area contributed by atoms with Crippen molar-refractivity contribution in [1.82, 2.24) is 14.8 Å². The van der Waals surface area contributed by atoms with Crippen LogP contribution in [0.1, 0.15) is 10.4 Å². The van der Waals surface area contributed by atoms with E-state index in [2.05, 4.69) is 15.4 Å². The van der Waals surface area contributed by atoms with Gasteiger partial charge in [0.15, 0.2) is 0 Å². The number of nitrogens with zero attached hydrogens (tertiary/aromatic N) is 3. The molecule has 0 spiro atoms. The van der Waals surface area contributed by atoms with Crippen LogP contribution in [0.25, 0.3) is 5.69 Å². The van der Waals surface area contributed by atoms with E-state index in [1.807, 2.05) is 0 Å². The van der Waals surface area contributed by atoms with Crippen LogP contribution in [0, 0.1) is 0 Å². The second kappa shape index (κ2) is 6.28. The van der Waals surface area contributed by atoms with Crippen molar-refractivity contribution in [2.24, 2.45) is 0 Å². The summed E-state index contributed by atoms with van der Waals surface area (Å²) in [6.45, 7) is 0. The zero-order chi connectivity index (χ0) is 16.4. The van der Waals surface area contributed by atoms with E-state index in [9.17, 15) is 4.79 Å². The van der Waals surface area contributed by atoms with E-state index in [0.29, 0.717) is 32.8 Å². The molecule has 2 heterocycles. The van der Waals surface area contributed by atoms with Crippen molar-refractivity contribution in [3.05, 3.63) is 64.5 Å². The molecule has 0 unspecified atom stereocenters. The average molecular weight is 348 g/mol. The number of amides is 1. The SMILES string of the molecule is Nc1ccc(C(=O)Nc2ccc(-n3cc(Cl)cn3)c(Cl)c2)cn1. The Kier molecular flexibility index (Phi) is 4.18. The first-order chi connectivity index (χ1) is 11.0. The zero-order valence-corrected chi connectivity index (χ0v) is 13.2. The number of benzene rings is 1. The fourth-order valence-electron chi connectivity index (χ4n) is 1.95. The Hall–Kier alpha value is -2.57. The monoisotopic (exact) mass is 347 g/mol. The van der Waals surface area contributed by atoms with E-state index >= 15 is 0 Å². The first-order valence-corrected chi connectivity index (χ1v) is 7.31. The number of nitrogen functional groups attached to an aromatic ring is 1. The third kappa shape index (κ3) is 3.44. The number of carbonyl (C=O) groups is 1. The molecule has 3 aromatic rings. The van der Waals surface area contributed by atoms with Gasteiger partial charge in [0, 0.05) is 18.1 Å². The zero-order valence-electron chi connectivity index (χ0n) is 11.7. The molecule has 0 aliphatic heterocycles. The van der Waals surface area contributed by atoms with Gasteiger partial charge in [-0.15, -0.1) is 0 Å². The van der Waals surface area contributed by atoms with Gasteiger partial charge < -0.3 is 11.1 Å². The van der Waals surface area contributed by atoms with Gasteiger partial charge in [-0.1, -0.05) is 23.2 Å². The van der Waals surface area contributed by atoms with Gasteiger partial charge in [0.1, 0.15) is 5.82 Å². The summed E-state index contributed by atoms with van der Waals surface area (Å²) in [5.41, 5.74) is 7.11. The van der Waals surface area contributed by atoms with Gasteiger partial charge in [-0.05, 0) is 30.3 Å². The van der Waals surface area contributed by atoms with Crippen LogP contribution in [-0.4, -0.2) is 20.7 Å². The number of rotatable bonds is 3. The number of anilines is 2. The van der Waals surface area contributed by atoms with Crippen LogP contribution >= 0.6 is 23.2 Å². The van der Waals surface area contributed by atoms with Crippen molar-refractivity contribution in [1.29, 1.82) is 0 Å². The minimum absolute atomic E-state index is 0.302. The van der Waals surface area contributed by atoms with Crippen molar-refractivity contribution >= 4 is 40.6 Å². The Morgan fingerprint density at radius 2 is 2.00 bits per heavy atom. The van der Waals surface area contributed by atoms with E-state index < -0.39 is 0 Å². The molecule has 116 valence electrons. The summed E-state index contributed by atoms with van der Waals surface area (Å²) in [5.74, 6) is 0.0512. The molecule has 0 aliphatic carbocycles. The van der Waals surface area contributed by atoms with Crippen molar-refractivity contribution in [3.8, 4) is 5.69 Å². The second-order valence-electron chi connectivity index (χ2n) is 4.70. The van der Waals surface area contributed by atoms with E-state index in [1.54, 1.807) is 41.2 Å². The molecular weight excluding hydrogens is 337 g/mol. The summed E-state index contributed by atoms with van der Waals surface area (Å²) in [6.07, 6.45) is 4.56. The first-order valence-electron chi connectivity index (χ1n) is 6.56. The smallest absolute Gasteiger partial charge is 0.257 e. The highest BCUT2D eigenvalue weighted by molar-refractivity contribution is 6.33. The predicted molar refractivity (Wildman–Crippen MR) is 90.2 cm³/mol. The van der Waals surface area contributed by atoms with Crippen LogP contribution in [0.15, 0.2) is 48.9 Å². The van der Waals surface area contributed by atoms with Gasteiger partial charge in [0.05, 0.1) is 27.5 Å². The highest BCUT2D eigenvalue weighted by atomic mass is 35.5. The Labute approximate surface area is 141 Å². The molecule has 0 bridgehead atoms. The second-order valence-corrected chi connectivity index (χ2v) is 5.54. The lowest BCUT2D eigenvalue weighted by atomic mass is 10.2. The Bertz CT molecular complexity index is 861. The maximum absolute atomic E-state index is 12.1. The minimum atomic E-state index is -0.302. The van der Waals surface area contributed by atoms with Crippen LogP contribution in [0.2, 0.25) is 10.0 Å². The lowest BCUT2D eigenvalue weighted by Gasteiger charge is -2.09. The maximum Gasteiger partial charge on any atom is 0.257 e. The van der Waals surface area contributed by atoms with Gasteiger partial charge in [-0.2, -0.15) is 5.10 Å². The maximum atomic E-state index is 12.1. The number of aromatic nitrogens is 3. The van der Waals surface area contributed by atoms with Gasteiger partial charge in [-0.3, -0.25) is 4.79 Å². The quantitative estimate of drug-likeness (QED) is 0.760. The van der Waals surface area contributed by atoms with Crippen LogP contribution < -0.4 is 11.1 Å². The molecule has 3 N–H and O–H groups in total. The molecule has 0 saturated carbocycles. The lowest BCUT2D eigenvalue weighted by Crippen LogP contribution is -2.12. The number of hydrogen-bond donors (Lipinski definition) is 2. The van der Waals surface area contributed by atoms with E-state index in [0.717, 1.165) is 0 Å². The molecule has 1 aromatic carbocycles. The molecule has 0 fully saturated rings. The fourth-order valence-corrected chi connectivity index (χ4v) is 2.35. The number of nitrogens with two attached hydrogens (primary N) is 1. The normalized spacial score (nSPS) is 10.5. The Balaban J connectivity index is 1.80. The average Bonchev–Trinajstić information content (AvgIpc) is 2.94. The molecular formula is C15H11Cl2N5O. The van der Waals surface area contributed by atoms with Crippen molar-refractivity contribution in [2.45, 2.75) is 0 Å². The van der Waals surface area contributed by atoms with Gasteiger partial charge in [-0.25, -0.2) is 9.67 Å². The molecule has 0 radical (unpaired) electrons. The standard InChI is InChI=1S/C15H11Cl2N5O/c16-10-7-20-22(8-10)13-3-2-11(5-12(13)17)21-15(23)9-1-4-14(18)19-6-9/h1-8H,(H2,18,19)(H,21,23).